The smallest absolute Gasteiger partial charge is 0.242 e. The molecule has 3 aromatic carbocycles. The monoisotopic (exact) mass is 471 g/mol. The number of carbonyl (C=O) groups is 2. The topological polar surface area (TPSA) is 104 Å². The van der Waals surface area contributed by atoms with Gasteiger partial charge in [-0.1, -0.05) is 48.5 Å². The first-order valence-electron chi connectivity index (χ1n) is 12.1. The number of carbonyl (C=O) groups excluding carboxylic acids is 2. The number of benzene rings is 3. The maximum Gasteiger partial charge on any atom is 0.242 e. The van der Waals surface area contributed by atoms with E-state index in [-0.39, 0.29) is 23.5 Å². The van der Waals surface area contributed by atoms with E-state index >= 15 is 0 Å². The van der Waals surface area contributed by atoms with Crippen LogP contribution in [0.25, 0.3) is 11.1 Å². The molecule has 6 heteroatoms. The molecule has 0 radical (unpaired) electrons. The summed E-state index contributed by atoms with van der Waals surface area (Å²) in [6.45, 7) is 5.93. The lowest BCUT2D eigenvalue weighted by atomic mass is 9.93. The fourth-order valence-corrected chi connectivity index (χ4v) is 5.05. The molecule has 0 saturated carbocycles. The van der Waals surface area contributed by atoms with Crippen LogP contribution < -0.4 is 16.4 Å². The van der Waals surface area contributed by atoms with Crippen molar-refractivity contribution < 1.29 is 14.7 Å². The van der Waals surface area contributed by atoms with E-state index in [1.807, 2.05) is 13.8 Å². The van der Waals surface area contributed by atoms with Crippen LogP contribution in [0.15, 0.2) is 60.7 Å². The van der Waals surface area contributed by atoms with Crippen LogP contribution in [0.4, 0.5) is 0 Å². The zero-order valence-electron chi connectivity index (χ0n) is 20.5. The zero-order chi connectivity index (χ0) is 25.1. The van der Waals surface area contributed by atoms with Crippen LogP contribution >= 0.6 is 0 Å². The molecule has 0 heterocycles. The minimum atomic E-state index is -0.793. The molecule has 1 aliphatic rings. The van der Waals surface area contributed by atoms with Gasteiger partial charge in [0.05, 0.1) is 6.04 Å². The lowest BCUT2D eigenvalue weighted by molar-refractivity contribution is -0.129. The Labute approximate surface area is 206 Å². The minimum Gasteiger partial charge on any atom is -0.508 e. The van der Waals surface area contributed by atoms with E-state index in [1.165, 1.54) is 22.3 Å². The fourth-order valence-electron chi connectivity index (χ4n) is 5.05. The number of hydrogen-bond donors (Lipinski definition) is 4. The second-order valence-corrected chi connectivity index (χ2v) is 9.41. The molecule has 2 amide bonds. The first kappa shape index (κ1) is 24.5. The third-order valence-corrected chi connectivity index (χ3v) is 6.89. The van der Waals surface area contributed by atoms with Gasteiger partial charge in [-0.25, -0.2) is 0 Å². The summed E-state index contributed by atoms with van der Waals surface area (Å²) in [5, 5.41) is 15.4. The number of amides is 2. The fraction of sp³-hybridized carbons (Fsp3) is 0.310. The van der Waals surface area contributed by atoms with E-state index in [2.05, 4.69) is 59.2 Å². The number of nitrogens with one attached hydrogen (secondary N) is 2. The number of phenols is 1. The van der Waals surface area contributed by atoms with Gasteiger partial charge in [0.25, 0.3) is 0 Å². The molecule has 5 N–H and O–H groups in total. The number of hydrogen-bond acceptors (Lipinski definition) is 4. The highest BCUT2D eigenvalue weighted by molar-refractivity contribution is 5.89. The third kappa shape index (κ3) is 5.23. The molecule has 182 valence electrons. The molecule has 0 fully saturated rings. The Morgan fingerprint density at radius 1 is 0.943 bits per heavy atom. The number of phenolic OH excluding ortho intramolecular Hbond substituents is 1. The molecule has 3 aromatic rings. The molecule has 0 unspecified atom stereocenters. The van der Waals surface area contributed by atoms with Gasteiger partial charge in [-0.3, -0.25) is 9.59 Å². The van der Waals surface area contributed by atoms with E-state index in [9.17, 15) is 14.7 Å². The highest BCUT2D eigenvalue weighted by atomic mass is 16.3. The van der Waals surface area contributed by atoms with E-state index in [0.29, 0.717) is 13.0 Å². The maximum absolute atomic E-state index is 12.7. The number of aromatic hydroxyl groups is 1. The second kappa shape index (κ2) is 10.3. The van der Waals surface area contributed by atoms with Gasteiger partial charge in [0.1, 0.15) is 11.8 Å². The number of aryl methyl sites for hydroxylation is 2. The molecule has 0 aromatic heterocycles. The van der Waals surface area contributed by atoms with Gasteiger partial charge in [-0.05, 0) is 84.7 Å². The van der Waals surface area contributed by atoms with Crippen LogP contribution in [0.3, 0.4) is 0 Å². The van der Waals surface area contributed by atoms with E-state index in [1.54, 1.807) is 19.1 Å². The van der Waals surface area contributed by atoms with Crippen molar-refractivity contribution in [3.63, 3.8) is 0 Å². The van der Waals surface area contributed by atoms with Crippen LogP contribution in [0.2, 0.25) is 0 Å². The maximum atomic E-state index is 12.7. The van der Waals surface area contributed by atoms with Crippen LogP contribution in [0.5, 0.6) is 5.75 Å². The van der Waals surface area contributed by atoms with Crippen molar-refractivity contribution in [1.82, 2.24) is 10.6 Å². The predicted molar refractivity (Wildman–Crippen MR) is 138 cm³/mol. The summed E-state index contributed by atoms with van der Waals surface area (Å²) in [6.07, 6.45) is 1.11. The van der Waals surface area contributed by atoms with Gasteiger partial charge in [0.2, 0.25) is 11.8 Å². The summed E-state index contributed by atoms with van der Waals surface area (Å²) in [6, 6.07) is 18.7. The van der Waals surface area contributed by atoms with Gasteiger partial charge in [-0.2, -0.15) is 0 Å². The molecule has 0 saturated heterocycles. The Hall–Kier alpha value is -3.64. The SMILES string of the molecule is Cc1cc(O)cc(C)c1C[C@H](N)C(=O)N[C@H](C)C(=O)NCCC1c2ccccc2-c2ccccc21. The molecule has 35 heavy (non-hydrogen) atoms. The molecule has 4 rings (SSSR count). The first-order chi connectivity index (χ1) is 16.8. The predicted octanol–water partition coefficient (Wildman–Crippen LogP) is 3.70. The number of rotatable bonds is 8. The highest BCUT2D eigenvalue weighted by Gasteiger charge is 2.28. The lowest BCUT2D eigenvalue weighted by Crippen LogP contribution is -2.51. The molecule has 0 aliphatic heterocycles. The summed E-state index contributed by atoms with van der Waals surface area (Å²) in [5.74, 6) is -0.185. The normalized spacial score (nSPS) is 14.1. The standard InChI is InChI=1S/C29H33N3O3/c1-17-14-20(33)15-18(2)26(17)16-27(30)29(35)32-19(3)28(34)31-13-12-25-23-10-6-4-8-21(23)22-9-5-7-11-24(22)25/h4-11,14-15,19,25,27,33H,12-13,16,30H2,1-3H3,(H,31,34)(H,32,35)/t19-,27+/m1/s1. The Morgan fingerprint density at radius 2 is 1.49 bits per heavy atom. The summed E-state index contributed by atoms with van der Waals surface area (Å²) in [7, 11) is 0. The summed E-state index contributed by atoms with van der Waals surface area (Å²) in [4.78, 5) is 25.3. The van der Waals surface area contributed by atoms with Crippen LogP contribution in [0, 0.1) is 13.8 Å². The average Bonchev–Trinajstić information content (AvgIpc) is 3.15. The highest BCUT2D eigenvalue weighted by Crippen LogP contribution is 2.45. The Kier molecular flexibility index (Phi) is 7.22. The van der Waals surface area contributed by atoms with E-state index in [0.717, 1.165) is 23.1 Å². The van der Waals surface area contributed by atoms with Gasteiger partial charge in [0.15, 0.2) is 0 Å². The summed E-state index contributed by atoms with van der Waals surface area (Å²) < 4.78 is 0. The van der Waals surface area contributed by atoms with Crippen molar-refractivity contribution in [2.24, 2.45) is 5.73 Å². The van der Waals surface area contributed by atoms with Gasteiger partial charge in [-0.15, -0.1) is 0 Å². The first-order valence-corrected chi connectivity index (χ1v) is 12.1. The molecule has 0 bridgehead atoms. The van der Waals surface area contributed by atoms with Gasteiger partial charge >= 0.3 is 0 Å². The van der Waals surface area contributed by atoms with E-state index in [4.69, 9.17) is 5.73 Å². The van der Waals surface area contributed by atoms with Crippen LogP contribution in [0.1, 0.15) is 47.1 Å². The van der Waals surface area contributed by atoms with E-state index < -0.39 is 12.1 Å². The Bertz CT molecular complexity index is 1180. The van der Waals surface area contributed by atoms with Crippen molar-refractivity contribution >= 4 is 11.8 Å². The van der Waals surface area contributed by atoms with Crippen molar-refractivity contribution in [2.45, 2.75) is 51.6 Å². The number of fused-ring (bicyclic) bond motifs is 3. The Morgan fingerprint density at radius 3 is 2.06 bits per heavy atom. The van der Waals surface area contributed by atoms with Gasteiger partial charge in [0, 0.05) is 12.5 Å². The van der Waals surface area contributed by atoms with Crippen molar-refractivity contribution in [1.29, 1.82) is 0 Å². The minimum absolute atomic E-state index is 0.191. The number of nitrogens with two attached hydrogens (primary N) is 1. The Balaban J connectivity index is 1.30. The molecule has 2 atom stereocenters. The zero-order valence-corrected chi connectivity index (χ0v) is 20.5. The second-order valence-electron chi connectivity index (χ2n) is 9.41. The molecular formula is C29H33N3O3. The lowest BCUT2D eigenvalue weighted by Gasteiger charge is -2.20. The van der Waals surface area contributed by atoms with Crippen molar-refractivity contribution in [2.75, 3.05) is 6.54 Å². The summed E-state index contributed by atoms with van der Waals surface area (Å²) >= 11 is 0. The molecule has 6 nitrogen and oxygen atoms in total. The third-order valence-electron chi connectivity index (χ3n) is 6.89. The van der Waals surface area contributed by atoms with Crippen molar-refractivity contribution in [3.05, 3.63) is 88.5 Å². The van der Waals surface area contributed by atoms with Crippen LogP contribution in [-0.4, -0.2) is 35.5 Å². The summed E-state index contributed by atoms with van der Waals surface area (Å²) in [5.41, 5.74) is 13.9. The van der Waals surface area contributed by atoms with Gasteiger partial charge < -0.3 is 21.5 Å². The average molecular weight is 472 g/mol. The molecule has 0 spiro atoms. The molecular weight excluding hydrogens is 438 g/mol. The largest absolute Gasteiger partial charge is 0.508 e. The van der Waals surface area contributed by atoms with Crippen molar-refractivity contribution in [3.8, 4) is 16.9 Å². The van der Waals surface area contributed by atoms with Crippen LogP contribution in [-0.2, 0) is 16.0 Å². The molecule has 1 aliphatic carbocycles. The quantitative estimate of drug-likeness (QED) is 0.402.